The van der Waals surface area contributed by atoms with Crippen molar-refractivity contribution in [3.63, 3.8) is 0 Å². The number of aliphatic hydroxyl groups is 2. The first-order valence-electron chi connectivity index (χ1n) is 11.1. The number of halogens is 2. The fourth-order valence-electron chi connectivity index (χ4n) is 5.55. The highest BCUT2D eigenvalue weighted by Gasteiger charge is 2.46. The molecule has 1 amide bonds. The summed E-state index contributed by atoms with van der Waals surface area (Å²) in [6.45, 7) is 0.562. The number of carbonyl (C=O) groups is 2. The molecule has 0 saturated heterocycles. The van der Waals surface area contributed by atoms with E-state index in [1.807, 2.05) is 0 Å². The van der Waals surface area contributed by atoms with Crippen molar-refractivity contribution in [2.24, 2.45) is 0 Å². The van der Waals surface area contributed by atoms with E-state index in [0.29, 0.717) is 27.9 Å². The highest BCUT2D eigenvalue weighted by Crippen LogP contribution is 2.46. The van der Waals surface area contributed by atoms with Crippen LogP contribution in [0.25, 0.3) is 22.3 Å². The highest BCUT2D eigenvalue weighted by molar-refractivity contribution is 5.94. The van der Waals surface area contributed by atoms with E-state index >= 15 is 0 Å². The van der Waals surface area contributed by atoms with Gasteiger partial charge in [-0.2, -0.15) is 0 Å². The first-order chi connectivity index (χ1) is 16.7. The number of aliphatic hydroxyl groups excluding tert-OH is 1. The van der Waals surface area contributed by atoms with E-state index in [0.717, 1.165) is 6.07 Å². The molecule has 6 rings (SSSR count). The molecule has 0 fully saturated rings. The van der Waals surface area contributed by atoms with Gasteiger partial charge in [-0.25, -0.2) is 18.6 Å². The average molecular weight is 483 g/mol. The van der Waals surface area contributed by atoms with Crippen molar-refractivity contribution >= 4 is 22.8 Å². The smallest absolute Gasteiger partial charge is 0.343 e. The van der Waals surface area contributed by atoms with Crippen molar-refractivity contribution in [2.45, 2.75) is 44.6 Å². The Labute approximate surface area is 196 Å². The minimum atomic E-state index is -2.00. The number of cyclic esters (lactones) is 1. The molecule has 2 aromatic heterocycles. The number of carbonyl (C=O) groups excluding carboxylic acids is 2. The molecule has 0 bridgehead atoms. The molecule has 0 spiro atoms. The lowest BCUT2D eigenvalue weighted by atomic mass is 9.86. The molecule has 1 aromatic carbocycles. The van der Waals surface area contributed by atoms with Gasteiger partial charge in [0.25, 0.3) is 5.56 Å². The number of hydrogen-bond acceptors (Lipinski definition) is 7. The Hall–Kier alpha value is -3.70. The monoisotopic (exact) mass is 483 g/mol. The number of pyridine rings is 2. The van der Waals surface area contributed by atoms with Crippen molar-refractivity contribution in [1.29, 1.82) is 0 Å². The lowest BCUT2D eigenvalue weighted by Gasteiger charge is -2.31. The Morgan fingerprint density at radius 2 is 2.06 bits per heavy atom. The number of esters is 1. The van der Waals surface area contributed by atoms with E-state index < -0.39 is 47.3 Å². The van der Waals surface area contributed by atoms with Crippen LogP contribution < -0.4 is 10.9 Å². The molecule has 1 aliphatic carbocycles. The average Bonchev–Trinajstić information content (AvgIpc) is 3.40. The summed E-state index contributed by atoms with van der Waals surface area (Å²) >= 11 is 0. The fraction of sp³-hybridized carbons (Fsp3) is 0.333. The quantitative estimate of drug-likeness (QED) is 0.372. The summed E-state index contributed by atoms with van der Waals surface area (Å²) in [6, 6.07) is 1.72. The van der Waals surface area contributed by atoms with E-state index in [-0.39, 0.29) is 48.2 Å². The second-order valence-corrected chi connectivity index (χ2v) is 8.98. The predicted molar refractivity (Wildman–Crippen MR) is 116 cm³/mol. The van der Waals surface area contributed by atoms with Gasteiger partial charge >= 0.3 is 5.97 Å². The zero-order valence-electron chi connectivity index (χ0n) is 18.4. The molecule has 3 N–H and O–H groups in total. The maximum absolute atomic E-state index is 14.7. The first kappa shape index (κ1) is 21.8. The maximum Gasteiger partial charge on any atom is 0.343 e. The van der Waals surface area contributed by atoms with Crippen LogP contribution in [0.5, 0.6) is 0 Å². The Bertz CT molecular complexity index is 1570. The van der Waals surface area contributed by atoms with Crippen LogP contribution >= 0.6 is 0 Å². The molecule has 1 unspecified atom stereocenters. The van der Waals surface area contributed by atoms with Crippen molar-refractivity contribution in [3.8, 4) is 11.4 Å². The summed E-state index contributed by atoms with van der Waals surface area (Å²) in [4.78, 5) is 42.3. The SMILES string of the molecule is CC[C@@]1(O)C(=O)OCc2c1cc1n(c2=O)Cc2c-1nc1cc(F)c(F)c3c1c2C(NC(=O)CO)C3. The molecule has 180 valence electrons. The number of rotatable bonds is 3. The topological polar surface area (TPSA) is 131 Å². The molecule has 3 aromatic rings. The van der Waals surface area contributed by atoms with Crippen LogP contribution in [0.1, 0.15) is 47.2 Å². The molecule has 0 radical (unpaired) electrons. The summed E-state index contributed by atoms with van der Waals surface area (Å²) in [6.07, 6.45) is -0.0624. The summed E-state index contributed by atoms with van der Waals surface area (Å²) in [5.41, 5.74) is -0.314. The molecule has 2 aliphatic heterocycles. The molecule has 11 heteroatoms. The van der Waals surface area contributed by atoms with Crippen molar-refractivity contribution in [1.82, 2.24) is 14.9 Å². The summed E-state index contributed by atoms with van der Waals surface area (Å²) in [7, 11) is 0. The van der Waals surface area contributed by atoms with Gasteiger partial charge in [-0.05, 0) is 18.1 Å². The number of nitrogens with zero attached hydrogens (tertiary/aromatic N) is 2. The van der Waals surface area contributed by atoms with E-state index in [9.17, 15) is 33.4 Å². The fourth-order valence-corrected chi connectivity index (χ4v) is 5.55. The van der Waals surface area contributed by atoms with Gasteiger partial charge < -0.3 is 24.8 Å². The van der Waals surface area contributed by atoms with Crippen LogP contribution in [-0.2, 0) is 39.5 Å². The van der Waals surface area contributed by atoms with Gasteiger partial charge in [0.05, 0.1) is 35.1 Å². The molecule has 3 aliphatic rings. The summed E-state index contributed by atoms with van der Waals surface area (Å²) in [5, 5.41) is 23.2. The summed E-state index contributed by atoms with van der Waals surface area (Å²) < 4.78 is 35.6. The molecule has 2 atom stereocenters. The third-order valence-corrected chi connectivity index (χ3v) is 7.25. The predicted octanol–water partition coefficient (Wildman–Crippen LogP) is 1.06. The molecular weight excluding hydrogens is 464 g/mol. The van der Waals surface area contributed by atoms with Crippen molar-refractivity contribution < 1.29 is 33.3 Å². The number of nitrogens with one attached hydrogen (secondary N) is 1. The number of amides is 1. The number of fused-ring (bicyclic) bond motifs is 5. The molecule has 35 heavy (non-hydrogen) atoms. The Kier molecular flexibility index (Phi) is 4.46. The maximum atomic E-state index is 14.7. The van der Waals surface area contributed by atoms with Crippen LogP contribution in [-0.4, -0.2) is 38.2 Å². The first-order valence-corrected chi connectivity index (χ1v) is 11.1. The van der Waals surface area contributed by atoms with Crippen LogP contribution in [0.3, 0.4) is 0 Å². The minimum Gasteiger partial charge on any atom is -0.458 e. The Balaban J connectivity index is 1.65. The van der Waals surface area contributed by atoms with Gasteiger partial charge in [0.15, 0.2) is 17.2 Å². The van der Waals surface area contributed by atoms with Gasteiger partial charge in [0.2, 0.25) is 5.91 Å². The molecular formula is C24H19F2N3O6. The number of hydrogen-bond donors (Lipinski definition) is 3. The Morgan fingerprint density at radius 1 is 1.29 bits per heavy atom. The number of ether oxygens (including phenoxy) is 1. The minimum absolute atomic E-state index is 0.0197. The lowest BCUT2D eigenvalue weighted by molar-refractivity contribution is -0.172. The van der Waals surface area contributed by atoms with E-state index in [2.05, 4.69) is 10.3 Å². The van der Waals surface area contributed by atoms with E-state index in [1.54, 1.807) is 6.92 Å². The lowest BCUT2D eigenvalue weighted by Crippen LogP contribution is -2.44. The third-order valence-electron chi connectivity index (χ3n) is 7.25. The zero-order chi connectivity index (χ0) is 24.8. The Morgan fingerprint density at radius 3 is 2.77 bits per heavy atom. The molecule has 9 nitrogen and oxygen atoms in total. The summed E-state index contributed by atoms with van der Waals surface area (Å²) in [5.74, 6) is -3.67. The second-order valence-electron chi connectivity index (χ2n) is 8.98. The van der Waals surface area contributed by atoms with E-state index in [1.165, 1.54) is 10.6 Å². The number of aromatic nitrogens is 2. The molecule has 4 heterocycles. The largest absolute Gasteiger partial charge is 0.458 e. The third kappa shape index (κ3) is 2.73. The van der Waals surface area contributed by atoms with Crippen molar-refractivity contribution in [3.05, 3.63) is 61.9 Å². The van der Waals surface area contributed by atoms with Crippen LogP contribution in [0.2, 0.25) is 0 Å². The molecule has 0 saturated carbocycles. The van der Waals surface area contributed by atoms with E-state index in [4.69, 9.17) is 4.74 Å². The van der Waals surface area contributed by atoms with Crippen LogP contribution in [0, 0.1) is 11.6 Å². The number of benzene rings is 1. The van der Waals surface area contributed by atoms with Crippen molar-refractivity contribution in [2.75, 3.05) is 6.61 Å². The van der Waals surface area contributed by atoms with Gasteiger partial charge in [0, 0.05) is 34.6 Å². The van der Waals surface area contributed by atoms with Gasteiger partial charge in [-0.1, -0.05) is 6.92 Å². The van der Waals surface area contributed by atoms with Gasteiger partial charge in [-0.15, -0.1) is 0 Å². The normalized spacial score (nSPS) is 21.5. The van der Waals surface area contributed by atoms with Gasteiger partial charge in [0.1, 0.15) is 13.2 Å². The standard InChI is InChI=1S/C24H19F2N3O6/c1-2-24(34)12-4-16-21-10(6-29(16)22(32)11(12)8-35-23(24)33)19-14(27-17(31)7-30)3-9-18(19)15(28-21)5-13(25)20(9)26/h4-5,14,30,34H,2-3,6-8H2,1H3,(H,27,31)/t14?,24-/m0/s1. The van der Waals surface area contributed by atoms with Crippen LogP contribution in [0.4, 0.5) is 8.78 Å². The zero-order valence-corrected chi connectivity index (χ0v) is 18.4. The van der Waals surface area contributed by atoms with Crippen LogP contribution in [0.15, 0.2) is 16.9 Å². The highest BCUT2D eigenvalue weighted by atomic mass is 19.2. The van der Waals surface area contributed by atoms with Gasteiger partial charge in [-0.3, -0.25) is 9.59 Å². The second kappa shape index (κ2) is 7.15.